The van der Waals surface area contributed by atoms with Crippen molar-refractivity contribution in [3.05, 3.63) is 30.1 Å². The molecule has 3 N–H and O–H groups in total. The Hall–Kier alpha value is -1.09. The zero-order valence-electron chi connectivity index (χ0n) is 19.5. The van der Waals surface area contributed by atoms with Crippen molar-refractivity contribution >= 4 is 0 Å². The van der Waals surface area contributed by atoms with Gasteiger partial charge in [0.25, 0.3) is 0 Å². The van der Waals surface area contributed by atoms with E-state index in [1.54, 1.807) is 0 Å². The van der Waals surface area contributed by atoms with Crippen LogP contribution in [0.15, 0.2) is 24.4 Å². The lowest BCUT2D eigenvalue weighted by Gasteiger charge is -2.34. The van der Waals surface area contributed by atoms with Crippen LogP contribution in [-0.4, -0.2) is 116 Å². The van der Waals surface area contributed by atoms with Crippen LogP contribution in [-0.2, 0) is 6.54 Å². The van der Waals surface area contributed by atoms with Gasteiger partial charge in [-0.25, -0.2) is 0 Å². The molecule has 0 amide bonds. The summed E-state index contributed by atoms with van der Waals surface area (Å²) in [5, 5.41) is 3.67. The molecule has 0 radical (unpaired) electrons. The van der Waals surface area contributed by atoms with Crippen molar-refractivity contribution in [2.45, 2.75) is 31.5 Å². The molecule has 0 bridgehead atoms. The molecule has 2 aliphatic heterocycles. The van der Waals surface area contributed by atoms with E-state index >= 15 is 0 Å². The van der Waals surface area contributed by atoms with Crippen LogP contribution in [0, 0.1) is 0 Å². The van der Waals surface area contributed by atoms with Gasteiger partial charge in [-0.2, -0.15) is 0 Å². The Morgan fingerprint density at radius 2 is 1.34 bits per heavy atom. The highest BCUT2D eigenvalue weighted by Crippen LogP contribution is 2.13. The predicted octanol–water partition coefficient (Wildman–Crippen LogP) is 0.388. The molecule has 7 nitrogen and oxygen atoms in total. The van der Waals surface area contributed by atoms with E-state index < -0.39 is 0 Å². The second-order valence-corrected chi connectivity index (χ2v) is 9.84. The molecule has 3 rings (SSSR count). The molecule has 7 heteroatoms. The first-order chi connectivity index (χ1) is 13.6. The summed E-state index contributed by atoms with van der Waals surface area (Å²) in [5.74, 6) is 0. The van der Waals surface area contributed by atoms with E-state index in [0.29, 0.717) is 0 Å². The molecule has 166 valence electrons. The van der Waals surface area contributed by atoms with Gasteiger partial charge >= 0.3 is 0 Å². The van der Waals surface area contributed by atoms with Crippen LogP contribution >= 0.6 is 0 Å². The molecule has 0 aromatic carbocycles. The van der Waals surface area contributed by atoms with Gasteiger partial charge in [0.15, 0.2) is 0 Å². The zero-order chi connectivity index (χ0) is 21.5. The molecule has 2 saturated heterocycles. The molecule has 1 aromatic rings. The van der Waals surface area contributed by atoms with Crippen molar-refractivity contribution in [1.29, 1.82) is 0 Å². The van der Waals surface area contributed by atoms with Gasteiger partial charge in [0.2, 0.25) is 0 Å². The predicted molar refractivity (Wildman–Crippen MR) is 122 cm³/mol. The van der Waals surface area contributed by atoms with Crippen molar-refractivity contribution in [1.82, 2.24) is 29.9 Å². The van der Waals surface area contributed by atoms with E-state index in [1.165, 1.54) is 0 Å². The van der Waals surface area contributed by atoms with Crippen molar-refractivity contribution in [2.75, 3.05) is 80.5 Å². The third-order valence-electron chi connectivity index (χ3n) is 5.65. The van der Waals surface area contributed by atoms with Crippen molar-refractivity contribution in [2.24, 2.45) is 5.73 Å². The fourth-order valence-electron chi connectivity index (χ4n) is 4.44. The van der Waals surface area contributed by atoms with E-state index in [4.69, 9.17) is 5.73 Å². The van der Waals surface area contributed by atoms with Crippen LogP contribution in [0.2, 0.25) is 0 Å². The number of likely N-dealkylation sites (N-methyl/N-ethyl adjacent to an activating group) is 4. The highest BCUT2D eigenvalue weighted by atomic mass is 15.3. The molecular weight excluding hydrogens is 362 g/mol. The van der Waals surface area contributed by atoms with Gasteiger partial charge in [0.1, 0.15) is 0 Å². The molecule has 29 heavy (non-hydrogen) atoms. The minimum Gasteiger partial charge on any atom is -0.323 e. The average Bonchev–Trinajstić information content (AvgIpc) is 2.84. The van der Waals surface area contributed by atoms with E-state index in [0.717, 1.165) is 64.6 Å². The summed E-state index contributed by atoms with van der Waals surface area (Å²) in [7, 11) is 8.65. The Kier molecular flexibility index (Phi) is 9.00. The Labute approximate surface area is 178 Å². The molecule has 2 aliphatic rings. The van der Waals surface area contributed by atoms with Gasteiger partial charge in [-0.05, 0) is 54.2 Å². The van der Waals surface area contributed by atoms with Gasteiger partial charge in [-0.1, -0.05) is 6.07 Å². The fourth-order valence-corrected chi connectivity index (χ4v) is 4.44. The van der Waals surface area contributed by atoms with Gasteiger partial charge in [-0.15, -0.1) is 0 Å². The molecule has 0 atom stereocenters. The van der Waals surface area contributed by atoms with Crippen molar-refractivity contribution < 1.29 is 0 Å². The molecule has 0 unspecified atom stereocenters. The quantitative estimate of drug-likeness (QED) is 0.754. The van der Waals surface area contributed by atoms with Gasteiger partial charge in [0, 0.05) is 76.2 Å². The van der Waals surface area contributed by atoms with Gasteiger partial charge in [0.05, 0.1) is 5.69 Å². The maximum Gasteiger partial charge on any atom is 0.0541 e. The number of hydrogen-bond donors (Lipinski definition) is 2. The highest BCUT2D eigenvalue weighted by Gasteiger charge is 2.29. The summed E-state index contributed by atoms with van der Waals surface area (Å²) >= 11 is 0. The third-order valence-corrected chi connectivity index (χ3v) is 5.65. The smallest absolute Gasteiger partial charge is 0.0541 e. The first kappa shape index (κ1) is 24.2. The minimum absolute atomic E-state index is 0.0417. The van der Waals surface area contributed by atoms with Crippen LogP contribution in [0.4, 0.5) is 0 Å². The van der Waals surface area contributed by atoms with Crippen molar-refractivity contribution in [3.8, 4) is 0 Å². The summed E-state index contributed by atoms with van der Waals surface area (Å²) in [5.41, 5.74) is 7.26. The van der Waals surface area contributed by atoms with Crippen LogP contribution in [0.5, 0.6) is 0 Å². The van der Waals surface area contributed by atoms with Crippen LogP contribution in [0.25, 0.3) is 0 Å². The van der Waals surface area contributed by atoms with Crippen LogP contribution in [0.3, 0.4) is 0 Å². The molecule has 0 saturated carbocycles. The lowest BCUT2D eigenvalue weighted by Crippen LogP contribution is -2.53. The standard InChI is InChI=1S/C14H24N4.C8H19N3/c1-14(11-17(2)8-9-18(3)12-14)16-10-13-6-4-5-7-15-13;1-8(9)6-10(2)4-5-11(3)7-8/h4-7,16H,8-12H2,1-3H3;4-7,9H2,1-3H3. The molecule has 3 heterocycles. The van der Waals surface area contributed by atoms with Gasteiger partial charge in [-0.3, -0.25) is 4.98 Å². The van der Waals surface area contributed by atoms with E-state index in [1.807, 2.05) is 18.3 Å². The van der Waals surface area contributed by atoms with Crippen LogP contribution in [0.1, 0.15) is 19.5 Å². The summed E-state index contributed by atoms with van der Waals surface area (Å²) in [6, 6.07) is 6.07. The largest absolute Gasteiger partial charge is 0.323 e. The topological polar surface area (TPSA) is 63.9 Å². The number of hydrogen-bond acceptors (Lipinski definition) is 7. The molecular formula is C22H43N7. The summed E-state index contributed by atoms with van der Waals surface area (Å²) in [6.45, 7) is 13.9. The maximum absolute atomic E-state index is 6.08. The summed E-state index contributed by atoms with van der Waals surface area (Å²) in [4.78, 5) is 13.8. The number of rotatable bonds is 3. The Morgan fingerprint density at radius 1 is 0.862 bits per heavy atom. The average molecular weight is 406 g/mol. The molecule has 0 spiro atoms. The normalized spacial score (nSPS) is 24.2. The lowest BCUT2D eigenvalue weighted by molar-refractivity contribution is 0.224. The first-order valence-electron chi connectivity index (χ1n) is 10.7. The molecule has 1 aromatic heterocycles. The maximum atomic E-state index is 6.08. The molecule has 2 fully saturated rings. The number of pyridine rings is 1. The second kappa shape index (κ2) is 10.8. The second-order valence-electron chi connectivity index (χ2n) is 9.84. The number of nitrogens with one attached hydrogen (secondary N) is 1. The fraction of sp³-hybridized carbons (Fsp3) is 0.773. The van der Waals surface area contributed by atoms with E-state index in [9.17, 15) is 0 Å². The monoisotopic (exact) mass is 405 g/mol. The van der Waals surface area contributed by atoms with Crippen molar-refractivity contribution in [3.63, 3.8) is 0 Å². The Balaban J connectivity index is 0.000000234. The highest BCUT2D eigenvalue weighted by molar-refractivity contribution is 5.04. The summed E-state index contributed by atoms with van der Waals surface area (Å²) in [6.07, 6.45) is 1.85. The number of nitrogens with zero attached hydrogens (tertiary/aromatic N) is 5. The first-order valence-corrected chi connectivity index (χ1v) is 10.7. The van der Waals surface area contributed by atoms with Crippen LogP contribution < -0.4 is 11.1 Å². The Bertz CT molecular complexity index is 566. The SMILES string of the molecule is CN1CCN(C)CC(C)(N)C1.CN1CCN(C)CC(C)(NCc2ccccn2)C1. The molecule has 0 aliphatic carbocycles. The van der Waals surface area contributed by atoms with Gasteiger partial charge < -0.3 is 30.7 Å². The summed E-state index contributed by atoms with van der Waals surface area (Å²) < 4.78 is 0. The van der Waals surface area contributed by atoms with E-state index in [2.05, 4.69) is 78.0 Å². The Morgan fingerprint density at radius 3 is 1.79 bits per heavy atom. The van der Waals surface area contributed by atoms with E-state index in [-0.39, 0.29) is 11.1 Å². The third kappa shape index (κ3) is 9.07. The number of aromatic nitrogens is 1. The number of nitrogens with two attached hydrogens (primary N) is 1. The minimum atomic E-state index is -0.0417. The lowest BCUT2D eigenvalue weighted by atomic mass is 10.0. The zero-order valence-corrected chi connectivity index (χ0v) is 19.5.